The summed E-state index contributed by atoms with van der Waals surface area (Å²) in [4.78, 5) is 3.65. The van der Waals surface area contributed by atoms with E-state index >= 15 is 0 Å². The van der Waals surface area contributed by atoms with E-state index in [0.717, 1.165) is 13.2 Å². The van der Waals surface area contributed by atoms with Crippen LogP contribution in [0.25, 0.3) is 0 Å². The maximum Gasteiger partial charge on any atom is 0.0742 e. The van der Waals surface area contributed by atoms with Crippen molar-refractivity contribution in [2.75, 3.05) is 0 Å². The Hall–Kier alpha value is -0.760. The average Bonchev–Trinajstić information content (AvgIpc) is 2.54. The summed E-state index contributed by atoms with van der Waals surface area (Å²) in [6.45, 7) is 15.1. The van der Waals surface area contributed by atoms with Crippen molar-refractivity contribution < 1.29 is 4.74 Å². The van der Waals surface area contributed by atoms with Crippen molar-refractivity contribution in [1.29, 1.82) is 0 Å². The summed E-state index contributed by atoms with van der Waals surface area (Å²) in [5, 5.41) is 0. The first-order valence-corrected chi connectivity index (χ1v) is 6.03. The zero-order valence-electron chi connectivity index (χ0n) is 11.3. The molecule has 16 heavy (non-hydrogen) atoms. The molecule has 0 fully saturated rings. The zero-order chi connectivity index (χ0) is 12.1. The molecular formula is C14H23NO. The van der Waals surface area contributed by atoms with Gasteiger partial charge in [0.2, 0.25) is 0 Å². The Morgan fingerprint density at radius 2 is 1.19 bits per heavy atom. The van der Waals surface area contributed by atoms with Gasteiger partial charge in [-0.25, -0.2) is 0 Å². The summed E-state index contributed by atoms with van der Waals surface area (Å²) >= 11 is 0. The molecule has 0 bridgehead atoms. The minimum absolute atomic E-state index is 0.168. The lowest BCUT2D eigenvalue weighted by Crippen LogP contribution is -2.17. The number of aromatic nitrogens is 1. The number of rotatable bonds is 0. The van der Waals surface area contributed by atoms with Gasteiger partial charge in [0.1, 0.15) is 0 Å². The Morgan fingerprint density at radius 3 is 1.50 bits per heavy atom. The van der Waals surface area contributed by atoms with Gasteiger partial charge in [0.15, 0.2) is 0 Å². The molecular weight excluding hydrogens is 198 g/mol. The van der Waals surface area contributed by atoms with E-state index in [9.17, 15) is 0 Å². The van der Waals surface area contributed by atoms with Gasteiger partial charge in [-0.1, -0.05) is 41.5 Å². The normalized spacial score (nSPS) is 16.6. The van der Waals surface area contributed by atoms with Gasteiger partial charge in [-0.3, -0.25) is 0 Å². The average molecular weight is 221 g/mol. The molecule has 2 heteroatoms. The summed E-state index contributed by atoms with van der Waals surface area (Å²) in [6, 6.07) is 0. The van der Waals surface area contributed by atoms with Crippen LogP contribution in [-0.4, -0.2) is 4.98 Å². The van der Waals surface area contributed by atoms with Crippen molar-refractivity contribution in [3.05, 3.63) is 22.5 Å². The van der Waals surface area contributed by atoms with Gasteiger partial charge >= 0.3 is 0 Å². The van der Waals surface area contributed by atoms with Crippen LogP contribution in [0.2, 0.25) is 0 Å². The van der Waals surface area contributed by atoms with E-state index in [1.54, 1.807) is 0 Å². The first-order chi connectivity index (χ1) is 7.21. The molecule has 2 rings (SSSR count). The molecule has 2 nitrogen and oxygen atoms in total. The van der Waals surface area contributed by atoms with Gasteiger partial charge in [-0.15, -0.1) is 0 Å². The number of hydrogen-bond donors (Lipinski definition) is 1. The summed E-state index contributed by atoms with van der Waals surface area (Å²) in [7, 11) is 0. The van der Waals surface area contributed by atoms with Crippen molar-refractivity contribution in [3.8, 4) is 0 Å². The van der Waals surface area contributed by atoms with E-state index in [4.69, 9.17) is 4.74 Å². The Balaban J connectivity index is 2.59. The lowest BCUT2D eigenvalue weighted by atomic mass is 9.87. The van der Waals surface area contributed by atoms with Gasteiger partial charge in [0.05, 0.1) is 13.2 Å². The van der Waals surface area contributed by atoms with E-state index < -0.39 is 0 Å². The summed E-state index contributed by atoms with van der Waals surface area (Å²) in [5.74, 6) is 0. The number of aromatic amines is 1. The van der Waals surface area contributed by atoms with E-state index in [-0.39, 0.29) is 10.8 Å². The van der Waals surface area contributed by atoms with Crippen LogP contribution in [0.3, 0.4) is 0 Å². The van der Waals surface area contributed by atoms with E-state index in [1.807, 2.05) is 0 Å². The summed E-state index contributed by atoms with van der Waals surface area (Å²) < 4.78 is 5.61. The highest BCUT2D eigenvalue weighted by Gasteiger charge is 2.32. The number of nitrogens with one attached hydrogen (secondary N) is 1. The zero-order valence-corrected chi connectivity index (χ0v) is 11.3. The van der Waals surface area contributed by atoms with E-state index in [1.165, 1.54) is 22.5 Å². The topological polar surface area (TPSA) is 25.0 Å². The van der Waals surface area contributed by atoms with Crippen LogP contribution < -0.4 is 0 Å². The molecule has 1 N–H and O–H groups in total. The van der Waals surface area contributed by atoms with Crippen molar-refractivity contribution in [2.45, 2.75) is 65.6 Å². The van der Waals surface area contributed by atoms with Crippen LogP contribution >= 0.6 is 0 Å². The molecule has 2 heterocycles. The predicted molar refractivity (Wildman–Crippen MR) is 66.7 cm³/mol. The van der Waals surface area contributed by atoms with Crippen molar-refractivity contribution in [1.82, 2.24) is 4.98 Å². The SMILES string of the molecule is CC(C)(C)c1[nH]c(C(C)(C)C)c2c1COC2. The molecule has 0 radical (unpaired) electrons. The van der Waals surface area contributed by atoms with Crippen LogP contribution in [0.1, 0.15) is 64.1 Å². The number of fused-ring (bicyclic) bond motifs is 1. The maximum atomic E-state index is 5.61. The molecule has 0 unspecified atom stereocenters. The highest BCUT2D eigenvalue weighted by atomic mass is 16.5. The largest absolute Gasteiger partial charge is 0.372 e. The second-order valence-corrected chi connectivity index (χ2v) is 6.82. The second kappa shape index (κ2) is 3.36. The smallest absolute Gasteiger partial charge is 0.0742 e. The Labute approximate surface area is 98.4 Å². The van der Waals surface area contributed by atoms with Crippen LogP contribution in [0.5, 0.6) is 0 Å². The number of hydrogen-bond acceptors (Lipinski definition) is 1. The van der Waals surface area contributed by atoms with Crippen LogP contribution in [0, 0.1) is 0 Å². The molecule has 0 spiro atoms. The highest BCUT2D eigenvalue weighted by Crippen LogP contribution is 2.38. The van der Waals surface area contributed by atoms with Crippen LogP contribution in [0.15, 0.2) is 0 Å². The van der Waals surface area contributed by atoms with Crippen LogP contribution in [-0.2, 0) is 28.8 Å². The third-order valence-corrected chi connectivity index (χ3v) is 3.21. The molecule has 0 aromatic carbocycles. The molecule has 1 aromatic heterocycles. The van der Waals surface area contributed by atoms with E-state index in [2.05, 4.69) is 46.5 Å². The number of ether oxygens (including phenoxy) is 1. The molecule has 0 amide bonds. The lowest BCUT2D eigenvalue weighted by Gasteiger charge is -2.21. The standard InChI is InChI=1S/C14H23NO/c1-13(2,3)11-9-7-16-8-10(9)12(15-11)14(4,5)6/h15H,7-8H2,1-6H3. The fourth-order valence-corrected chi connectivity index (χ4v) is 2.43. The first kappa shape index (κ1) is 11.7. The molecule has 0 aliphatic carbocycles. The fraction of sp³-hybridized carbons (Fsp3) is 0.714. The summed E-state index contributed by atoms with van der Waals surface area (Å²) in [6.07, 6.45) is 0. The minimum atomic E-state index is 0.168. The van der Waals surface area contributed by atoms with E-state index in [0.29, 0.717) is 0 Å². The van der Waals surface area contributed by atoms with Crippen molar-refractivity contribution in [3.63, 3.8) is 0 Å². The minimum Gasteiger partial charge on any atom is -0.372 e. The molecule has 1 aliphatic heterocycles. The lowest BCUT2D eigenvalue weighted by molar-refractivity contribution is 0.132. The quantitative estimate of drug-likeness (QED) is 0.711. The van der Waals surface area contributed by atoms with Gasteiger partial charge in [0, 0.05) is 33.3 Å². The highest BCUT2D eigenvalue weighted by molar-refractivity contribution is 5.43. The third kappa shape index (κ3) is 1.80. The Kier molecular flexibility index (Phi) is 2.46. The molecule has 0 saturated carbocycles. The maximum absolute atomic E-state index is 5.61. The van der Waals surface area contributed by atoms with Gasteiger partial charge in [-0.05, 0) is 0 Å². The van der Waals surface area contributed by atoms with Gasteiger partial charge in [-0.2, -0.15) is 0 Å². The molecule has 90 valence electrons. The van der Waals surface area contributed by atoms with Crippen molar-refractivity contribution >= 4 is 0 Å². The Bertz CT molecular complexity index is 365. The second-order valence-electron chi connectivity index (χ2n) is 6.82. The predicted octanol–water partition coefficient (Wildman–Crippen LogP) is 3.64. The molecule has 1 aromatic rings. The third-order valence-electron chi connectivity index (χ3n) is 3.21. The van der Waals surface area contributed by atoms with Crippen molar-refractivity contribution in [2.24, 2.45) is 0 Å². The number of H-pyrrole nitrogens is 1. The van der Waals surface area contributed by atoms with Gasteiger partial charge < -0.3 is 9.72 Å². The van der Waals surface area contributed by atoms with Gasteiger partial charge in [0.25, 0.3) is 0 Å². The first-order valence-electron chi connectivity index (χ1n) is 6.03. The Morgan fingerprint density at radius 1 is 0.812 bits per heavy atom. The molecule has 0 atom stereocenters. The van der Waals surface area contributed by atoms with Crippen LogP contribution in [0.4, 0.5) is 0 Å². The fourth-order valence-electron chi connectivity index (χ4n) is 2.43. The molecule has 0 saturated heterocycles. The molecule has 1 aliphatic rings. The monoisotopic (exact) mass is 221 g/mol. The summed E-state index contributed by atoms with van der Waals surface area (Å²) in [5.41, 5.74) is 5.84.